The lowest BCUT2D eigenvalue weighted by Crippen LogP contribution is -1.52. The Morgan fingerprint density at radius 2 is 1.86 bits per heavy atom. The van der Waals surface area contributed by atoms with E-state index in [0.29, 0.717) is 0 Å². The molecule has 0 fully saturated rings. The van der Waals surface area contributed by atoms with Gasteiger partial charge in [0, 0.05) is 6.21 Å². The maximum absolute atomic E-state index is 6.54. The Labute approximate surface area is 43.9 Å². The summed E-state index contributed by atoms with van der Waals surface area (Å²) in [5.74, 6) is 0. The molecule has 0 aliphatic carbocycles. The standard InChI is InChI=1S/C6H9N/c1-2-3-4-5-6-7/h2-7H,1H3/b3-2+,5-4+,7-6?. The molecule has 0 aromatic carbocycles. The van der Waals surface area contributed by atoms with Gasteiger partial charge in [0.15, 0.2) is 0 Å². The number of rotatable bonds is 2. The second kappa shape index (κ2) is 5.15. The molecule has 0 aliphatic heterocycles. The second-order valence-corrected chi connectivity index (χ2v) is 1.08. The topological polar surface area (TPSA) is 23.9 Å². The first-order chi connectivity index (χ1) is 3.41. The Kier molecular flexibility index (Phi) is 4.52. The predicted molar refractivity (Wildman–Crippen MR) is 32.7 cm³/mol. The average Bonchev–Trinajstić information content (AvgIpc) is 1.69. The monoisotopic (exact) mass is 95.1 g/mol. The summed E-state index contributed by atoms with van der Waals surface area (Å²) in [6.07, 6.45) is 8.53. The van der Waals surface area contributed by atoms with E-state index in [1.165, 1.54) is 6.21 Å². The van der Waals surface area contributed by atoms with Crippen LogP contribution < -0.4 is 0 Å². The molecule has 0 aromatic rings. The minimum atomic E-state index is 1.25. The van der Waals surface area contributed by atoms with Crippen molar-refractivity contribution < 1.29 is 0 Å². The molecular weight excluding hydrogens is 86.1 g/mol. The minimum Gasteiger partial charge on any atom is -0.309 e. The van der Waals surface area contributed by atoms with Gasteiger partial charge < -0.3 is 5.41 Å². The molecule has 7 heavy (non-hydrogen) atoms. The van der Waals surface area contributed by atoms with E-state index in [9.17, 15) is 0 Å². The molecule has 0 aromatic heterocycles. The van der Waals surface area contributed by atoms with Crippen LogP contribution in [0.3, 0.4) is 0 Å². The van der Waals surface area contributed by atoms with E-state index < -0.39 is 0 Å². The molecule has 0 atom stereocenters. The van der Waals surface area contributed by atoms with Gasteiger partial charge >= 0.3 is 0 Å². The van der Waals surface area contributed by atoms with Gasteiger partial charge in [-0.3, -0.25) is 0 Å². The Hall–Kier alpha value is -0.850. The summed E-state index contributed by atoms with van der Waals surface area (Å²) in [5, 5.41) is 6.54. The molecule has 0 unspecified atom stereocenters. The van der Waals surface area contributed by atoms with Gasteiger partial charge in [-0.25, -0.2) is 0 Å². The highest BCUT2D eigenvalue weighted by atomic mass is 14.3. The highest BCUT2D eigenvalue weighted by molar-refractivity contribution is 5.67. The van der Waals surface area contributed by atoms with Gasteiger partial charge in [-0.1, -0.05) is 18.2 Å². The Morgan fingerprint density at radius 3 is 2.29 bits per heavy atom. The molecule has 1 nitrogen and oxygen atoms in total. The van der Waals surface area contributed by atoms with Crippen LogP contribution >= 0.6 is 0 Å². The number of hydrogen-bond donors (Lipinski definition) is 1. The van der Waals surface area contributed by atoms with Gasteiger partial charge in [0.05, 0.1) is 0 Å². The van der Waals surface area contributed by atoms with E-state index in [0.717, 1.165) is 0 Å². The van der Waals surface area contributed by atoms with Crippen LogP contribution in [-0.2, 0) is 0 Å². The van der Waals surface area contributed by atoms with Gasteiger partial charge in [0.25, 0.3) is 0 Å². The van der Waals surface area contributed by atoms with Crippen molar-refractivity contribution >= 4 is 6.21 Å². The molecule has 0 saturated heterocycles. The maximum atomic E-state index is 6.54. The van der Waals surface area contributed by atoms with Crippen LogP contribution in [0.4, 0.5) is 0 Å². The van der Waals surface area contributed by atoms with Crippen LogP contribution in [0.15, 0.2) is 24.3 Å². The van der Waals surface area contributed by atoms with Gasteiger partial charge in [0.1, 0.15) is 0 Å². The predicted octanol–water partition coefficient (Wildman–Crippen LogP) is 1.77. The normalized spacial score (nSPS) is 11.0. The molecule has 0 radical (unpaired) electrons. The number of allylic oxidation sites excluding steroid dienone is 4. The lowest BCUT2D eigenvalue weighted by Gasteiger charge is -1.64. The van der Waals surface area contributed by atoms with Crippen molar-refractivity contribution in [2.45, 2.75) is 6.92 Å². The van der Waals surface area contributed by atoms with E-state index in [-0.39, 0.29) is 0 Å². The summed E-state index contributed by atoms with van der Waals surface area (Å²) >= 11 is 0. The number of hydrogen-bond acceptors (Lipinski definition) is 1. The molecule has 0 rings (SSSR count). The van der Waals surface area contributed by atoms with Gasteiger partial charge in [-0.15, -0.1) is 0 Å². The summed E-state index contributed by atoms with van der Waals surface area (Å²) < 4.78 is 0. The lowest BCUT2D eigenvalue weighted by atomic mass is 10.4. The molecule has 38 valence electrons. The van der Waals surface area contributed by atoms with Crippen LogP contribution in [0.1, 0.15) is 6.92 Å². The van der Waals surface area contributed by atoms with Crippen LogP contribution in [0.5, 0.6) is 0 Å². The summed E-state index contributed by atoms with van der Waals surface area (Å²) in [4.78, 5) is 0. The molecule has 0 heterocycles. The van der Waals surface area contributed by atoms with Crippen LogP contribution in [0, 0.1) is 5.41 Å². The van der Waals surface area contributed by atoms with Crippen molar-refractivity contribution in [2.24, 2.45) is 0 Å². The van der Waals surface area contributed by atoms with Crippen molar-refractivity contribution in [3.8, 4) is 0 Å². The first kappa shape index (κ1) is 6.15. The largest absolute Gasteiger partial charge is 0.309 e. The SMILES string of the molecule is C/C=C/C=C/C=N. The molecule has 0 spiro atoms. The third-order valence-electron chi connectivity index (χ3n) is 0.511. The summed E-state index contributed by atoms with van der Waals surface area (Å²) in [6.45, 7) is 1.94. The zero-order chi connectivity index (χ0) is 5.54. The van der Waals surface area contributed by atoms with Gasteiger partial charge in [-0.2, -0.15) is 0 Å². The molecule has 0 bridgehead atoms. The van der Waals surface area contributed by atoms with E-state index in [2.05, 4.69) is 0 Å². The minimum absolute atomic E-state index is 1.25. The smallest absolute Gasteiger partial charge is 0.0177 e. The van der Waals surface area contributed by atoms with Crippen LogP contribution in [-0.4, -0.2) is 6.21 Å². The van der Waals surface area contributed by atoms with Crippen LogP contribution in [0.2, 0.25) is 0 Å². The van der Waals surface area contributed by atoms with E-state index >= 15 is 0 Å². The summed E-state index contributed by atoms with van der Waals surface area (Å²) in [7, 11) is 0. The number of nitrogens with one attached hydrogen (secondary N) is 1. The molecule has 1 N–H and O–H groups in total. The molecule has 1 heteroatoms. The van der Waals surface area contributed by atoms with Crippen molar-refractivity contribution in [1.29, 1.82) is 5.41 Å². The fourth-order valence-electron chi connectivity index (χ4n) is 0.231. The molecule has 0 saturated carbocycles. The van der Waals surface area contributed by atoms with Gasteiger partial charge in [-0.05, 0) is 13.0 Å². The fraction of sp³-hybridized carbons (Fsp3) is 0.167. The highest BCUT2D eigenvalue weighted by Crippen LogP contribution is 1.70. The molecular formula is C6H9N. The fourth-order valence-corrected chi connectivity index (χ4v) is 0.231. The third-order valence-corrected chi connectivity index (χ3v) is 0.511. The Morgan fingerprint density at radius 1 is 1.14 bits per heavy atom. The zero-order valence-corrected chi connectivity index (χ0v) is 4.39. The van der Waals surface area contributed by atoms with E-state index in [1.807, 2.05) is 25.2 Å². The quantitative estimate of drug-likeness (QED) is 0.399. The Balaban J connectivity index is 3.27. The lowest BCUT2D eigenvalue weighted by molar-refractivity contribution is 1.58. The summed E-state index contributed by atoms with van der Waals surface area (Å²) in [6, 6.07) is 0. The van der Waals surface area contributed by atoms with Crippen LogP contribution in [0.25, 0.3) is 0 Å². The van der Waals surface area contributed by atoms with Crippen molar-refractivity contribution in [2.75, 3.05) is 0 Å². The molecule has 0 amide bonds. The molecule has 0 aliphatic rings. The average molecular weight is 95.1 g/mol. The second-order valence-electron chi connectivity index (χ2n) is 1.08. The van der Waals surface area contributed by atoms with Gasteiger partial charge in [0.2, 0.25) is 0 Å². The summed E-state index contributed by atoms with van der Waals surface area (Å²) in [5.41, 5.74) is 0. The third kappa shape index (κ3) is 5.15. The van der Waals surface area contributed by atoms with E-state index in [4.69, 9.17) is 5.41 Å². The van der Waals surface area contributed by atoms with Crippen molar-refractivity contribution in [3.63, 3.8) is 0 Å². The first-order valence-electron chi connectivity index (χ1n) is 2.20. The first-order valence-corrected chi connectivity index (χ1v) is 2.20. The maximum Gasteiger partial charge on any atom is 0.0177 e. The van der Waals surface area contributed by atoms with Crippen molar-refractivity contribution in [3.05, 3.63) is 24.3 Å². The Bertz CT molecular complexity index is 90.4. The van der Waals surface area contributed by atoms with E-state index in [1.54, 1.807) is 6.08 Å². The zero-order valence-electron chi connectivity index (χ0n) is 4.39. The highest BCUT2D eigenvalue weighted by Gasteiger charge is 1.53. The van der Waals surface area contributed by atoms with Crippen molar-refractivity contribution in [1.82, 2.24) is 0 Å².